The number of benzene rings is 1. The lowest BCUT2D eigenvalue weighted by atomic mass is 10.0. The van der Waals surface area contributed by atoms with Gasteiger partial charge < -0.3 is 5.73 Å². The lowest BCUT2D eigenvalue weighted by molar-refractivity contribution is 1.32. The number of hydrogen-bond donors (Lipinski definition) is 1. The van der Waals surface area contributed by atoms with Gasteiger partial charge in [0.05, 0.1) is 26.7 Å². The molecule has 0 bridgehead atoms. The quantitative estimate of drug-likeness (QED) is 0.804. The van der Waals surface area contributed by atoms with Gasteiger partial charge in [-0.05, 0) is 12.1 Å². The van der Waals surface area contributed by atoms with Gasteiger partial charge in [-0.2, -0.15) is 5.26 Å². The fourth-order valence-electron chi connectivity index (χ4n) is 1.57. The second kappa shape index (κ2) is 5.03. The number of aromatic nitrogens is 1. The molecule has 1 heterocycles. The van der Waals surface area contributed by atoms with Gasteiger partial charge in [0.25, 0.3) is 0 Å². The van der Waals surface area contributed by atoms with Crippen LogP contribution in [-0.2, 0) is 0 Å². The zero-order valence-electron chi connectivity index (χ0n) is 8.92. The Morgan fingerprint density at radius 2 is 1.83 bits per heavy atom. The highest BCUT2D eigenvalue weighted by atomic mass is 35.5. The molecule has 0 saturated carbocycles. The Kier molecular flexibility index (Phi) is 3.63. The van der Waals surface area contributed by atoms with E-state index in [9.17, 15) is 0 Å². The number of hydrogen-bond acceptors (Lipinski definition) is 3. The first-order chi connectivity index (χ1) is 8.56. The zero-order chi connectivity index (χ0) is 13.3. The minimum atomic E-state index is 0.217. The van der Waals surface area contributed by atoms with E-state index < -0.39 is 0 Å². The van der Waals surface area contributed by atoms with Crippen molar-refractivity contribution < 1.29 is 0 Å². The highest BCUT2D eigenvalue weighted by Crippen LogP contribution is 2.40. The smallest absolute Gasteiger partial charge is 0.132 e. The third-order valence-electron chi connectivity index (χ3n) is 2.41. The van der Waals surface area contributed by atoms with Gasteiger partial charge in [-0.15, -0.1) is 0 Å². The van der Waals surface area contributed by atoms with Gasteiger partial charge in [0.2, 0.25) is 0 Å². The summed E-state index contributed by atoms with van der Waals surface area (Å²) in [6.45, 7) is 0. The largest absolute Gasteiger partial charge is 0.383 e. The number of nitrogens with zero attached hydrogens (tertiary/aromatic N) is 2. The molecule has 0 unspecified atom stereocenters. The van der Waals surface area contributed by atoms with E-state index in [0.717, 1.165) is 0 Å². The SMILES string of the molecule is N#Cc1ccnc(N)c1-c1ccc(Cl)c(Cl)c1Cl. The van der Waals surface area contributed by atoms with Crippen molar-refractivity contribution in [1.82, 2.24) is 4.98 Å². The maximum absolute atomic E-state index is 9.08. The summed E-state index contributed by atoms with van der Waals surface area (Å²) in [5.74, 6) is 0.217. The average molecular weight is 299 g/mol. The van der Waals surface area contributed by atoms with Crippen molar-refractivity contribution in [3.63, 3.8) is 0 Å². The molecule has 0 aliphatic heterocycles. The van der Waals surface area contributed by atoms with Crippen LogP contribution in [0.1, 0.15) is 5.56 Å². The van der Waals surface area contributed by atoms with Gasteiger partial charge in [0, 0.05) is 17.3 Å². The first-order valence-corrected chi connectivity index (χ1v) is 5.98. The maximum Gasteiger partial charge on any atom is 0.132 e. The highest BCUT2D eigenvalue weighted by Gasteiger charge is 2.16. The summed E-state index contributed by atoms with van der Waals surface area (Å²) >= 11 is 18.0. The Morgan fingerprint density at radius 3 is 2.50 bits per heavy atom. The summed E-state index contributed by atoms with van der Waals surface area (Å²) < 4.78 is 0. The van der Waals surface area contributed by atoms with Crippen LogP contribution in [0.4, 0.5) is 5.82 Å². The predicted octanol–water partition coefficient (Wildman–Crippen LogP) is 4.16. The van der Waals surface area contributed by atoms with Crippen molar-refractivity contribution in [2.45, 2.75) is 0 Å². The van der Waals surface area contributed by atoms with E-state index in [-0.39, 0.29) is 15.9 Å². The number of nitriles is 1. The van der Waals surface area contributed by atoms with Crippen molar-refractivity contribution >= 4 is 40.6 Å². The Bertz CT molecular complexity index is 662. The van der Waals surface area contributed by atoms with Gasteiger partial charge in [0.15, 0.2) is 0 Å². The molecule has 0 radical (unpaired) electrons. The first kappa shape index (κ1) is 13.0. The van der Waals surface area contributed by atoms with Crippen LogP contribution in [0.5, 0.6) is 0 Å². The minimum absolute atomic E-state index is 0.217. The second-order valence-electron chi connectivity index (χ2n) is 3.45. The molecule has 18 heavy (non-hydrogen) atoms. The molecule has 0 atom stereocenters. The lowest BCUT2D eigenvalue weighted by Gasteiger charge is -2.10. The fraction of sp³-hybridized carbons (Fsp3) is 0. The summed E-state index contributed by atoms with van der Waals surface area (Å²) in [5.41, 5.74) is 7.16. The van der Waals surface area contributed by atoms with Gasteiger partial charge >= 0.3 is 0 Å². The zero-order valence-corrected chi connectivity index (χ0v) is 11.2. The normalized spacial score (nSPS) is 10.1. The monoisotopic (exact) mass is 297 g/mol. The summed E-state index contributed by atoms with van der Waals surface area (Å²) in [6.07, 6.45) is 1.46. The standard InChI is InChI=1S/C12H6Cl3N3/c13-8-2-1-7(10(14)11(8)15)9-6(5-16)3-4-18-12(9)17/h1-4H,(H2,17,18). The van der Waals surface area contributed by atoms with Crippen LogP contribution < -0.4 is 5.73 Å². The average Bonchev–Trinajstić information content (AvgIpc) is 2.37. The number of halogens is 3. The van der Waals surface area contributed by atoms with E-state index in [1.807, 2.05) is 6.07 Å². The molecular weight excluding hydrogens is 293 g/mol. The summed E-state index contributed by atoms with van der Waals surface area (Å²) in [4.78, 5) is 3.95. The van der Waals surface area contributed by atoms with E-state index >= 15 is 0 Å². The summed E-state index contributed by atoms with van der Waals surface area (Å²) in [7, 11) is 0. The Labute approximate surface area is 119 Å². The molecule has 0 spiro atoms. The van der Waals surface area contributed by atoms with Crippen molar-refractivity contribution in [1.29, 1.82) is 5.26 Å². The molecular formula is C12H6Cl3N3. The number of anilines is 1. The van der Waals surface area contributed by atoms with E-state index in [1.165, 1.54) is 6.20 Å². The van der Waals surface area contributed by atoms with Crippen molar-refractivity contribution in [3.05, 3.63) is 45.0 Å². The molecule has 3 nitrogen and oxygen atoms in total. The van der Waals surface area contributed by atoms with Gasteiger partial charge in [0.1, 0.15) is 5.82 Å². The second-order valence-corrected chi connectivity index (χ2v) is 4.62. The third-order valence-corrected chi connectivity index (χ3v) is 3.70. The van der Waals surface area contributed by atoms with Gasteiger partial charge in [-0.1, -0.05) is 40.9 Å². The molecule has 6 heteroatoms. The number of rotatable bonds is 1. The molecule has 1 aromatic heterocycles. The molecule has 2 N–H and O–H groups in total. The van der Waals surface area contributed by atoms with Crippen LogP contribution in [0.2, 0.25) is 15.1 Å². The molecule has 2 aromatic rings. The molecule has 90 valence electrons. The van der Waals surface area contributed by atoms with E-state index in [0.29, 0.717) is 21.7 Å². The predicted molar refractivity (Wildman–Crippen MR) is 73.8 cm³/mol. The minimum Gasteiger partial charge on any atom is -0.383 e. The van der Waals surface area contributed by atoms with E-state index in [1.54, 1.807) is 18.2 Å². The third kappa shape index (κ3) is 2.11. The Morgan fingerprint density at radius 1 is 1.11 bits per heavy atom. The topological polar surface area (TPSA) is 62.7 Å². The van der Waals surface area contributed by atoms with Crippen LogP contribution in [0.15, 0.2) is 24.4 Å². The fourth-order valence-corrected chi connectivity index (χ4v) is 2.20. The summed E-state index contributed by atoms with van der Waals surface area (Å²) in [5, 5.41) is 9.90. The molecule has 1 aromatic carbocycles. The van der Waals surface area contributed by atoms with E-state index in [2.05, 4.69) is 4.98 Å². The number of nitrogens with two attached hydrogens (primary N) is 1. The van der Waals surface area contributed by atoms with Crippen LogP contribution >= 0.6 is 34.8 Å². The van der Waals surface area contributed by atoms with Crippen LogP contribution in [0.3, 0.4) is 0 Å². The molecule has 0 aliphatic rings. The van der Waals surface area contributed by atoms with Crippen molar-refractivity contribution in [2.75, 3.05) is 5.73 Å². The Hall–Kier alpha value is -1.47. The number of pyridine rings is 1. The Balaban J connectivity index is 2.79. The molecule has 0 fully saturated rings. The van der Waals surface area contributed by atoms with Crippen molar-refractivity contribution in [2.24, 2.45) is 0 Å². The molecule has 0 aliphatic carbocycles. The molecule has 2 rings (SSSR count). The van der Waals surface area contributed by atoms with Crippen LogP contribution in [-0.4, -0.2) is 4.98 Å². The van der Waals surface area contributed by atoms with Gasteiger partial charge in [-0.25, -0.2) is 4.98 Å². The van der Waals surface area contributed by atoms with Crippen LogP contribution in [0, 0.1) is 11.3 Å². The maximum atomic E-state index is 9.08. The molecule has 0 saturated heterocycles. The highest BCUT2D eigenvalue weighted by molar-refractivity contribution is 6.49. The van der Waals surface area contributed by atoms with Crippen molar-refractivity contribution in [3.8, 4) is 17.2 Å². The lowest BCUT2D eigenvalue weighted by Crippen LogP contribution is -1.97. The number of nitrogen functional groups attached to an aromatic ring is 1. The van der Waals surface area contributed by atoms with Gasteiger partial charge in [-0.3, -0.25) is 0 Å². The van der Waals surface area contributed by atoms with Crippen LogP contribution in [0.25, 0.3) is 11.1 Å². The molecule has 0 amide bonds. The summed E-state index contributed by atoms with van der Waals surface area (Å²) in [6, 6.07) is 6.85. The first-order valence-electron chi connectivity index (χ1n) is 4.84. The van der Waals surface area contributed by atoms with E-state index in [4.69, 9.17) is 45.8 Å².